The van der Waals surface area contributed by atoms with Gasteiger partial charge in [0.2, 0.25) is 0 Å². The minimum atomic E-state index is -0.704. The fraction of sp³-hybridized carbons (Fsp3) is 0.625. The van der Waals surface area contributed by atoms with Crippen LogP contribution in [0.15, 0.2) is 18.3 Å². The summed E-state index contributed by atoms with van der Waals surface area (Å²) in [5.74, 6) is -1.07. The summed E-state index contributed by atoms with van der Waals surface area (Å²) in [7, 11) is 1.96. The van der Waals surface area contributed by atoms with Crippen molar-refractivity contribution in [1.82, 2.24) is 0 Å². The van der Waals surface area contributed by atoms with Gasteiger partial charge in [-0.15, -0.1) is 0 Å². The highest BCUT2D eigenvalue weighted by Crippen LogP contribution is 2.24. The Kier molecular flexibility index (Phi) is 6.54. The zero-order valence-electron chi connectivity index (χ0n) is 12.4. The van der Waals surface area contributed by atoms with Crippen LogP contribution in [0.5, 0.6) is 0 Å². The minimum absolute atomic E-state index is 0.367. The summed E-state index contributed by atoms with van der Waals surface area (Å²) >= 11 is 0. The number of aliphatic carboxylic acids is 1. The molecule has 0 saturated carbocycles. The molecule has 1 rings (SSSR count). The Morgan fingerprint density at radius 1 is 1.32 bits per heavy atom. The van der Waals surface area contributed by atoms with Gasteiger partial charge in [0.15, 0.2) is 11.9 Å². The van der Waals surface area contributed by atoms with E-state index in [0.29, 0.717) is 0 Å². The number of unbranched alkanes of at least 4 members (excludes halogenated alkanes) is 4. The van der Waals surface area contributed by atoms with Crippen molar-refractivity contribution in [3.05, 3.63) is 29.6 Å². The van der Waals surface area contributed by atoms with E-state index in [9.17, 15) is 9.90 Å². The molecular weight excluding hydrogens is 238 g/mol. The van der Waals surface area contributed by atoms with Crippen LogP contribution in [0.3, 0.4) is 0 Å². The van der Waals surface area contributed by atoms with Crippen molar-refractivity contribution in [2.24, 2.45) is 7.05 Å². The maximum absolute atomic E-state index is 11.5. The molecule has 0 saturated heterocycles. The Balaban J connectivity index is 2.67. The normalized spacial score (nSPS) is 12.4. The van der Waals surface area contributed by atoms with Crippen LogP contribution in [-0.2, 0) is 11.8 Å². The highest BCUT2D eigenvalue weighted by Gasteiger charge is 2.24. The molecule has 1 atom stereocenters. The fourth-order valence-electron chi connectivity index (χ4n) is 2.44. The molecule has 0 spiro atoms. The van der Waals surface area contributed by atoms with Crippen LogP contribution in [0.4, 0.5) is 0 Å². The lowest BCUT2D eigenvalue weighted by molar-refractivity contribution is -0.678. The second kappa shape index (κ2) is 7.93. The van der Waals surface area contributed by atoms with Crippen molar-refractivity contribution < 1.29 is 14.5 Å². The molecule has 106 valence electrons. The molecule has 0 aliphatic carbocycles. The molecule has 19 heavy (non-hydrogen) atoms. The van der Waals surface area contributed by atoms with Crippen molar-refractivity contribution in [2.45, 2.75) is 58.3 Å². The third kappa shape index (κ3) is 4.66. The molecule has 3 heteroatoms. The van der Waals surface area contributed by atoms with Gasteiger partial charge in [-0.2, -0.15) is 0 Å². The molecule has 1 aromatic heterocycles. The van der Waals surface area contributed by atoms with Crippen molar-refractivity contribution in [3.63, 3.8) is 0 Å². The predicted octanol–water partition coefficient (Wildman–Crippen LogP) is 3.35. The van der Waals surface area contributed by atoms with Crippen LogP contribution in [0, 0.1) is 6.92 Å². The molecule has 0 radical (unpaired) electrons. The molecular formula is C16H26NO2+. The van der Waals surface area contributed by atoms with E-state index in [1.54, 1.807) is 0 Å². The first-order valence-electron chi connectivity index (χ1n) is 7.25. The topological polar surface area (TPSA) is 41.2 Å². The lowest BCUT2D eigenvalue weighted by Crippen LogP contribution is -2.33. The number of nitrogens with zero attached hydrogens (tertiary/aromatic N) is 1. The molecule has 1 unspecified atom stereocenters. The summed E-state index contributed by atoms with van der Waals surface area (Å²) < 4.78 is 1.99. The number of carboxylic acid groups (broad SMARTS) is 1. The van der Waals surface area contributed by atoms with E-state index in [0.717, 1.165) is 30.5 Å². The predicted molar refractivity (Wildman–Crippen MR) is 76.1 cm³/mol. The molecule has 1 N–H and O–H groups in total. The van der Waals surface area contributed by atoms with Gasteiger partial charge in [-0.25, -0.2) is 4.57 Å². The standard InChI is InChI=1S/C16H25NO2/c1-4-5-6-7-8-10-15(16(18)19)14-11-9-12-17(3)13(14)2/h9,11-12,15H,4-8,10H2,1-3H3/p+1. The highest BCUT2D eigenvalue weighted by molar-refractivity contribution is 5.76. The van der Waals surface area contributed by atoms with E-state index < -0.39 is 5.97 Å². The number of aryl methyl sites for hydroxylation is 1. The molecule has 3 nitrogen and oxygen atoms in total. The van der Waals surface area contributed by atoms with E-state index in [-0.39, 0.29) is 5.92 Å². The van der Waals surface area contributed by atoms with Crippen molar-refractivity contribution in [1.29, 1.82) is 0 Å². The molecule has 1 aromatic rings. The number of hydrogen-bond donors (Lipinski definition) is 1. The molecule has 0 aliphatic heterocycles. The van der Waals surface area contributed by atoms with Gasteiger partial charge < -0.3 is 5.11 Å². The quantitative estimate of drug-likeness (QED) is 0.578. The Morgan fingerprint density at radius 3 is 2.63 bits per heavy atom. The second-order valence-electron chi connectivity index (χ2n) is 5.25. The van der Waals surface area contributed by atoms with E-state index in [1.165, 1.54) is 19.3 Å². The number of carboxylic acids is 1. The van der Waals surface area contributed by atoms with Gasteiger partial charge in [-0.1, -0.05) is 39.0 Å². The number of carbonyl (C=O) groups is 1. The zero-order valence-corrected chi connectivity index (χ0v) is 12.4. The van der Waals surface area contributed by atoms with E-state index in [2.05, 4.69) is 6.92 Å². The Hall–Kier alpha value is -1.38. The van der Waals surface area contributed by atoms with Crippen LogP contribution in [0.1, 0.15) is 62.6 Å². The van der Waals surface area contributed by atoms with Crippen LogP contribution >= 0.6 is 0 Å². The van der Waals surface area contributed by atoms with Crippen molar-refractivity contribution >= 4 is 5.97 Å². The molecule has 0 aromatic carbocycles. The monoisotopic (exact) mass is 264 g/mol. The van der Waals surface area contributed by atoms with Crippen LogP contribution in [-0.4, -0.2) is 11.1 Å². The van der Waals surface area contributed by atoms with E-state index in [4.69, 9.17) is 0 Å². The van der Waals surface area contributed by atoms with Gasteiger partial charge >= 0.3 is 5.97 Å². The lowest BCUT2D eigenvalue weighted by Gasteiger charge is -2.13. The van der Waals surface area contributed by atoms with Crippen LogP contribution in [0.25, 0.3) is 0 Å². The van der Waals surface area contributed by atoms with Gasteiger partial charge in [0.1, 0.15) is 7.05 Å². The molecule has 0 amide bonds. The number of rotatable bonds is 8. The molecule has 0 fully saturated rings. The number of aromatic nitrogens is 1. The Morgan fingerprint density at radius 2 is 2.00 bits per heavy atom. The highest BCUT2D eigenvalue weighted by atomic mass is 16.4. The van der Waals surface area contributed by atoms with Gasteiger partial charge in [-0.3, -0.25) is 4.79 Å². The third-order valence-electron chi connectivity index (χ3n) is 3.80. The summed E-state index contributed by atoms with van der Waals surface area (Å²) in [6.07, 6.45) is 8.50. The SMILES string of the molecule is CCCCCCCC(C(=O)O)c1ccc[n+](C)c1C. The maximum atomic E-state index is 11.5. The smallest absolute Gasteiger partial charge is 0.311 e. The number of hydrogen-bond acceptors (Lipinski definition) is 1. The average molecular weight is 264 g/mol. The molecule has 0 aliphatic rings. The third-order valence-corrected chi connectivity index (χ3v) is 3.80. The van der Waals surface area contributed by atoms with Gasteiger partial charge in [0.25, 0.3) is 0 Å². The molecule has 1 heterocycles. The van der Waals surface area contributed by atoms with Gasteiger partial charge in [-0.05, 0) is 12.5 Å². The first-order chi connectivity index (χ1) is 9.07. The average Bonchev–Trinajstić information content (AvgIpc) is 2.37. The first kappa shape index (κ1) is 15.7. The largest absolute Gasteiger partial charge is 0.481 e. The zero-order chi connectivity index (χ0) is 14.3. The fourth-order valence-corrected chi connectivity index (χ4v) is 2.44. The van der Waals surface area contributed by atoms with Gasteiger partial charge in [0.05, 0.1) is 5.92 Å². The Bertz CT molecular complexity index is 415. The summed E-state index contributed by atoms with van der Waals surface area (Å²) in [5, 5.41) is 9.44. The summed E-state index contributed by atoms with van der Waals surface area (Å²) in [4.78, 5) is 11.5. The van der Waals surface area contributed by atoms with Crippen LogP contribution < -0.4 is 4.57 Å². The van der Waals surface area contributed by atoms with Crippen molar-refractivity contribution in [2.75, 3.05) is 0 Å². The van der Waals surface area contributed by atoms with Gasteiger partial charge in [0, 0.05) is 18.6 Å². The number of pyridine rings is 1. The summed E-state index contributed by atoms with van der Waals surface area (Å²) in [5.41, 5.74) is 2.00. The summed E-state index contributed by atoms with van der Waals surface area (Å²) in [6.45, 7) is 4.18. The van der Waals surface area contributed by atoms with Crippen molar-refractivity contribution in [3.8, 4) is 0 Å². The van der Waals surface area contributed by atoms with E-state index in [1.807, 2.05) is 36.9 Å². The minimum Gasteiger partial charge on any atom is -0.481 e. The second-order valence-corrected chi connectivity index (χ2v) is 5.25. The first-order valence-corrected chi connectivity index (χ1v) is 7.25. The maximum Gasteiger partial charge on any atom is 0.311 e. The molecule has 0 bridgehead atoms. The van der Waals surface area contributed by atoms with Crippen LogP contribution in [0.2, 0.25) is 0 Å². The Labute approximate surface area is 116 Å². The summed E-state index contributed by atoms with van der Waals surface area (Å²) in [6, 6.07) is 3.87. The lowest BCUT2D eigenvalue weighted by atomic mass is 9.92. The van der Waals surface area contributed by atoms with E-state index >= 15 is 0 Å².